The average Bonchev–Trinajstić information content (AvgIpc) is 2.70. The summed E-state index contributed by atoms with van der Waals surface area (Å²) in [5.74, 6) is 0.649. The lowest BCUT2D eigenvalue weighted by Crippen LogP contribution is -2.43. The summed E-state index contributed by atoms with van der Waals surface area (Å²) in [5, 5.41) is 4.39. The monoisotopic (exact) mass is 262 g/mol. The van der Waals surface area contributed by atoms with Gasteiger partial charge in [-0.15, -0.1) is 0 Å². The third-order valence-electron chi connectivity index (χ3n) is 3.84. The SMILES string of the molecule is CC1CCCNC1Cn1sc2ccccc2c1=O. The number of rotatable bonds is 2. The van der Waals surface area contributed by atoms with Gasteiger partial charge in [0.15, 0.2) is 0 Å². The van der Waals surface area contributed by atoms with Crippen LogP contribution in [0, 0.1) is 5.92 Å². The van der Waals surface area contributed by atoms with Crippen molar-refractivity contribution in [3.8, 4) is 0 Å². The molecule has 96 valence electrons. The number of hydrogen-bond acceptors (Lipinski definition) is 3. The number of fused-ring (bicyclic) bond motifs is 1. The molecular weight excluding hydrogens is 244 g/mol. The third-order valence-corrected chi connectivity index (χ3v) is 4.93. The van der Waals surface area contributed by atoms with E-state index >= 15 is 0 Å². The van der Waals surface area contributed by atoms with Crippen molar-refractivity contribution in [1.82, 2.24) is 9.27 Å². The lowest BCUT2D eigenvalue weighted by Gasteiger charge is -2.29. The van der Waals surface area contributed by atoms with Crippen LogP contribution in [0.5, 0.6) is 0 Å². The zero-order valence-corrected chi connectivity index (χ0v) is 11.4. The van der Waals surface area contributed by atoms with Gasteiger partial charge in [0.2, 0.25) is 0 Å². The van der Waals surface area contributed by atoms with E-state index in [1.165, 1.54) is 12.8 Å². The molecule has 3 nitrogen and oxygen atoms in total. The Hall–Kier alpha value is -1.13. The van der Waals surface area contributed by atoms with Crippen molar-refractivity contribution in [2.45, 2.75) is 32.4 Å². The highest BCUT2D eigenvalue weighted by Crippen LogP contribution is 2.20. The van der Waals surface area contributed by atoms with Crippen LogP contribution in [0.4, 0.5) is 0 Å². The first-order valence-corrected chi connectivity index (χ1v) is 7.35. The van der Waals surface area contributed by atoms with Crippen molar-refractivity contribution in [2.24, 2.45) is 5.92 Å². The van der Waals surface area contributed by atoms with Gasteiger partial charge >= 0.3 is 0 Å². The van der Waals surface area contributed by atoms with E-state index in [1.807, 2.05) is 28.2 Å². The summed E-state index contributed by atoms with van der Waals surface area (Å²) in [4.78, 5) is 12.3. The van der Waals surface area contributed by atoms with E-state index in [0.29, 0.717) is 12.0 Å². The minimum atomic E-state index is 0.162. The van der Waals surface area contributed by atoms with Crippen molar-refractivity contribution < 1.29 is 0 Å². The Morgan fingerprint density at radius 3 is 3.06 bits per heavy atom. The fourth-order valence-electron chi connectivity index (χ4n) is 2.67. The van der Waals surface area contributed by atoms with E-state index in [1.54, 1.807) is 11.5 Å². The quantitative estimate of drug-likeness (QED) is 0.902. The van der Waals surface area contributed by atoms with Gasteiger partial charge in [0.1, 0.15) is 0 Å². The molecule has 0 spiro atoms. The van der Waals surface area contributed by atoms with Gasteiger partial charge in [-0.25, -0.2) is 0 Å². The van der Waals surface area contributed by atoms with E-state index in [2.05, 4.69) is 12.2 Å². The first-order valence-electron chi connectivity index (χ1n) is 6.58. The first-order chi connectivity index (χ1) is 8.75. The largest absolute Gasteiger partial charge is 0.312 e. The molecular formula is C14H18N2OS. The molecule has 4 heteroatoms. The zero-order chi connectivity index (χ0) is 12.5. The molecule has 0 amide bonds. The van der Waals surface area contributed by atoms with Crippen LogP contribution in [0.25, 0.3) is 10.1 Å². The topological polar surface area (TPSA) is 34.0 Å². The number of piperidine rings is 1. The smallest absolute Gasteiger partial charge is 0.268 e. The van der Waals surface area contributed by atoms with Gasteiger partial charge in [-0.3, -0.25) is 8.75 Å². The predicted octanol–water partition coefficient (Wildman–Crippen LogP) is 2.45. The highest BCUT2D eigenvalue weighted by Gasteiger charge is 2.22. The summed E-state index contributed by atoms with van der Waals surface area (Å²) >= 11 is 1.58. The molecule has 0 aliphatic carbocycles. The standard InChI is InChI=1S/C14H18N2OS/c1-10-5-4-8-15-12(10)9-16-14(17)11-6-2-3-7-13(11)18-16/h2-3,6-7,10,12,15H,4-5,8-9H2,1H3. The molecule has 1 saturated heterocycles. The van der Waals surface area contributed by atoms with Crippen LogP contribution in [0.1, 0.15) is 19.8 Å². The van der Waals surface area contributed by atoms with E-state index in [-0.39, 0.29) is 5.56 Å². The molecule has 1 aliphatic heterocycles. The van der Waals surface area contributed by atoms with Gasteiger partial charge in [-0.1, -0.05) is 30.6 Å². The molecule has 1 aromatic carbocycles. The minimum absolute atomic E-state index is 0.162. The highest BCUT2D eigenvalue weighted by atomic mass is 32.1. The summed E-state index contributed by atoms with van der Waals surface area (Å²) in [6.07, 6.45) is 2.51. The van der Waals surface area contributed by atoms with Crippen LogP contribution in [0.15, 0.2) is 29.1 Å². The second-order valence-corrected chi connectivity index (χ2v) is 6.20. The normalized spacial score (nSPS) is 24.5. The number of nitrogens with zero attached hydrogens (tertiary/aromatic N) is 1. The molecule has 0 saturated carbocycles. The van der Waals surface area contributed by atoms with E-state index in [9.17, 15) is 4.79 Å². The Kier molecular flexibility index (Phi) is 3.22. The molecule has 3 rings (SSSR count). The second-order valence-electron chi connectivity index (χ2n) is 5.13. The second kappa shape index (κ2) is 4.86. The molecule has 0 bridgehead atoms. The lowest BCUT2D eigenvalue weighted by atomic mass is 9.93. The summed E-state index contributed by atoms with van der Waals surface area (Å²) in [6.45, 7) is 4.16. The third kappa shape index (κ3) is 2.10. The average molecular weight is 262 g/mol. The summed E-state index contributed by atoms with van der Waals surface area (Å²) in [7, 11) is 0. The molecule has 1 aromatic heterocycles. The number of aromatic nitrogens is 1. The van der Waals surface area contributed by atoms with Gasteiger partial charge in [-0.05, 0) is 37.4 Å². The first kappa shape index (κ1) is 11.9. The Balaban J connectivity index is 1.90. The maximum absolute atomic E-state index is 12.3. The fourth-order valence-corrected chi connectivity index (χ4v) is 3.72. The maximum Gasteiger partial charge on any atom is 0.268 e. The molecule has 18 heavy (non-hydrogen) atoms. The van der Waals surface area contributed by atoms with Crippen LogP contribution in [0.3, 0.4) is 0 Å². The summed E-state index contributed by atoms with van der Waals surface area (Å²) < 4.78 is 3.00. The Labute approximate surface area is 111 Å². The fraction of sp³-hybridized carbons (Fsp3) is 0.500. The molecule has 2 heterocycles. The van der Waals surface area contributed by atoms with Crippen molar-refractivity contribution in [3.63, 3.8) is 0 Å². The molecule has 1 N–H and O–H groups in total. The number of hydrogen-bond donors (Lipinski definition) is 1. The van der Waals surface area contributed by atoms with Gasteiger partial charge in [0, 0.05) is 6.04 Å². The van der Waals surface area contributed by atoms with Gasteiger partial charge in [0.05, 0.1) is 16.6 Å². The highest BCUT2D eigenvalue weighted by molar-refractivity contribution is 7.13. The molecule has 2 atom stereocenters. The lowest BCUT2D eigenvalue weighted by molar-refractivity contribution is 0.277. The molecule has 1 fully saturated rings. The van der Waals surface area contributed by atoms with Crippen molar-refractivity contribution in [3.05, 3.63) is 34.6 Å². The van der Waals surface area contributed by atoms with Gasteiger partial charge in [0.25, 0.3) is 5.56 Å². The molecule has 2 unspecified atom stereocenters. The number of nitrogens with one attached hydrogen (secondary N) is 1. The molecule has 0 radical (unpaired) electrons. The van der Waals surface area contributed by atoms with Crippen LogP contribution in [-0.2, 0) is 6.54 Å². The van der Waals surface area contributed by atoms with Gasteiger partial charge < -0.3 is 5.32 Å². The van der Waals surface area contributed by atoms with Crippen LogP contribution in [0.2, 0.25) is 0 Å². The van der Waals surface area contributed by atoms with Crippen LogP contribution in [-0.4, -0.2) is 16.5 Å². The Bertz CT molecular complexity index is 601. The zero-order valence-electron chi connectivity index (χ0n) is 10.6. The van der Waals surface area contributed by atoms with Gasteiger partial charge in [-0.2, -0.15) is 0 Å². The number of benzene rings is 1. The Morgan fingerprint density at radius 1 is 1.44 bits per heavy atom. The van der Waals surface area contributed by atoms with Crippen molar-refractivity contribution in [1.29, 1.82) is 0 Å². The van der Waals surface area contributed by atoms with Crippen molar-refractivity contribution >= 4 is 21.6 Å². The van der Waals surface area contributed by atoms with Crippen LogP contribution < -0.4 is 10.9 Å². The minimum Gasteiger partial charge on any atom is -0.312 e. The van der Waals surface area contributed by atoms with E-state index in [4.69, 9.17) is 0 Å². The summed E-state index contributed by atoms with van der Waals surface area (Å²) in [6, 6.07) is 8.30. The molecule has 1 aliphatic rings. The Morgan fingerprint density at radius 2 is 2.28 bits per heavy atom. The van der Waals surface area contributed by atoms with E-state index in [0.717, 1.165) is 23.2 Å². The predicted molar refractivity (Wildman–Crippen MR) is 76.3 cm³/mol. The summed E-state index contributed by atoms with van der Waals surface area (Å²) in [5.41, 5.74) is 0.162. The van der Waals surface area contributed by atoms with Crippen LogP contribution >= 0.6 is 11.5 Å². The maximum atomic E-state index is 12.3. The van der Waals surface area contributed by atoms with E-state index < -0.39 is 0 Å². The van der Waals surface area contributed by atoms with Crippen molar-refractivity contribution in [2.75, 3.05) is 6.54 Å². The molecule has 2 aromatic rings.